The van der Waals surface area contributed by atoms with Crippen LogP contribution >= 0.6 is 0 Å². The third-order valence-electron chi connectivity index (χ3n) is 8.99. The molecule has 0 radical (unpaired) electrons. The maximum Gasteiger partial charge on any atom is 0.331 e. The van der Waals surface area contributed by atoms with Gasteiger partial charge in [0, 0.05) is 6.08 Å². The number of hydrogen-bond donors (Lipinski definition) is 11. The summed E-state index contributed by atoms with van der Waals surface area (Å²) in [6, 6.07) is 7.81. The molecule has 19 nitrogen and oxygen atoms in total. The van der Waals surface area contributed by atoms with Crippen molar-refractivity contribution in [2.75, 3.05) is 19.8 Å². The number of benzene rings is 2. The monoisotopic (exact) mass is 756 g/mol. The average Bonchev–Trinajstić information content (AvgIpc) is 3.13. The fourth-order valence-electron chi connectivity index (χ4n) is 5.93. The zero-order chi connectivity index (χ0) is 38.6. The number of ether oxygens (including phenoxy) is 7. The van der Waals surface area contributed by atoms with Crippen LogP contribution in [0.4, 0.5) is 0 Å². The first-order chi connectivity index (χ1) is 25.2. The molecule has 3 heterocycles. The van der Waals surface area contributed by atoms with Crippen LogP contribution in [0.2, 0.25) is 0 Å². The standard InChI is InChI=1S/C34H44O19/c1-14-24(42)26(44)28(46)33(49-14)52-30-29(51-23(41)7-4-15-2-5-17(36)19(38)10-15)22(12-35)50-34(47-9-8-16-3-6-18(37)20(39)11-16)31(30)53-32-27(45)25(43)21(40)13-48-32/h2-7,10-11,14,21-22,24-40,42-46H,8-9,12-13H2,1H3/b7-4+/t14-,21+,22+,24-,25+,26+,27-,28+,29+,30-,31+,32+,33-,34+/m0/s1. The molecule has 0 saturated carbocycles. The van der Waals surface area contributed by atoms with E-state index in [0.29, 0.717) is 5.56 Å². The Morgan fingerprint density at radius 1 is 0.755 bits per heavy atom. The van der Waals surface area contributed by atoms with Crippen molar-refractivity contribution >= 4 is 12.0 Å². The van der Waals surface area contributed by atoms with E-state index < -0.39 is 117 Å². The normalized spacial score (nSPS) is 36.4. The van der Waals surface area contributed by atoms with E-state index in [-0.39, 0.29) is 30.1 Å². The molecular weight excluding hydrogens is 712 g/mol. The molecule has 0 aromatic heterocycles. The van der Waals surface area contributed by atoms with Crippen molar-refractivity contribution in [3.8, 4) is 23.0 Å². The van der Waals surface area contributed by atoms with Gasteiger partial charge in [0.05, 0.1) is 25.9 Å². The van der Waals surface area contributed by atoms with Crippen LogP contribution in [0, 0.1) is 0 Å². The highest BCUT2D eigenvalue weighted by Crippen LogP contribution is 2.35. The van der Waals surface area contributed by atoms with E-state index in [2.05, 4.69) is 0 Å². The minimum atomic E-state index is -1.88. The Kier molecular flexibility index (Phi) is 13.5. The van der Waals surface area contributed by atoms with Crippen LogP contribution in [0.5, 0.6) is 23.0 Å². The van der Waals surface area contributed by atoms with E-state index >= 15 is 0 Å². The van der Waals surface area contributed by atoms with Crippen molar-refractivity contribution in [1.82, 2.24) is 0 Å². The van der Waals surface area contributed by atoms with Gasteiger partial charge in [-0.3, -0.25) is 0 Å². The molecule has 2 aromatic carbocycles. The first-order valence-corrected chi connectivity index (χ1v) is 16.6. The maximum atomic E-state index is 13.2. The van der Waals surface area contributed by atoms with E-state index in [0.717, 1.165) is 6.08 Å². The van der Waals surface area contributed by atoms with Crippen LogP contribution in [0.1, 0.15) is 18.1 Å². The van der Waals surface area contributed by atoms with Gasteiger partial charge in [-0.25, -0.2) is 4.79 Å². The molecule has 3 aliphatic heterocycles. The topological polar surface area (TPSA) is 304 Å². The van der Waals surface area contributed by atoms with Crippen molar-refractivity contribution in [3.05, 3.63) is 53.6 Å². The van der Waals surface area contributed by atoms with E-state index in [1.807, 2.05) is 0 Å². The predicted molar refractivity (Wildman–Crippen MR) is 174 cm³/mol. The summed E-state index contributed by atoms with van der Waals surface area (Å²) in [4.78, 5) is 13.2. The highest BCUT2D eigenvalue weighted by atomic mass is 16.8. The SMILES string of the molecule is C[C@@H]1O[C@@H](O[C@@H]2[C@@H](O[C@H]3OC[C@@H](O)[C@@H](O)[C@@H]3O)[C@H](OCCc3ccc(O)c(O)c3)O[C@H](CO)[C@H]2OC(=O)/C=C/c2ccc(O)c(O)c2)[C@H](O)[C@H](O)[C@H]1O. The molecule has 0 unspecified atom stereocenters. The third kappa shape index (κ3) is 9.53. The van der Waals surface area contributed by atoms with Gasteiger partial charge >= 0.3 is 5.97 Å². The Bertz CT molecular complexity index is 1560. The number of esters is 1. The van der Waals surface area contributed by atoms with E-state index in [4.69, 9.17) is 33.2 Å². The molecule has 0 aliphatic carbocycles. The van der Waals surface area contributed by atoms with E-state index in [1.165, 1.54) is 49.4 Å². The molecule has 3 fully saturated rings. The summed E-state index contributed by atoms with van der Waals surface area (Å²) >= 11 is 0. The molecule has 53 heavy (non-hydrogen) atoms. The van der Waals surface area contributed by atoms with Gasteiger partial charge in [-0.1, -0.05) is 12.1 Å². The van der Waals surface area contributed by atoms with Gasteiger partial charge in [0.25, 0.3) is 0 Å². The Morgan fingerprint density at radius 3 is 2.09 bits per heavy atom. The molecule has 0 bridgehead atoms. The van der Waals surface area contributed by atoms with E-state index in [1.54, 1.807) is 0 Å². The molecule has 294 valence electrons. The van der Waals surface area contributed by atoms with Crippen LogP contribution < -0.4 is 0 Å². The number of phenolic OH excluding ortho intramolecular Hbond substituents is 4. The van der Waals surface area contributed by atoms with Gasteiger partial charge in [0.15, 0.2) is 48.0 Å². The van der Waals surface area contributed by atoms with Crippen molar-refractivity contribution in [3.63, 3.8) is 0 Å². The Balaban J connectivity index is 1.48. The molecule has 5 rings (SSSR count). The smallest absolute Gasteiger partial charge is 0.331 e. The number of aliphatic hydroxyl groups is 7. The molecular formula is C34H44O19. The zero-order valence-corrected chi connectivity index (χ0v) is 28.2. The Labute approximate surface area is 302 Å². The summed E-state index contributed by atoms with van der Waals surface area (Å²) in [5, 5.41) is 112. The number of carbonyl (C=O) groups is 1. The predicted octanol–water partition coefficient (Wildman–Crippen LogP) is -2.55. The van der Waals surface area contributed by atoms with Crippen LogP contribution in [0.15, 0.2) is 42.5 Å². The molecule has 11 N–H and O–H groups in total. The van der Waals surface area contributed by atoms with Crippen molar-refractivity contribution < 1.29 is 94.1 Å². The average molecular weight is 757 g/mol. The van der Waals surface area contributed by atoms with Crippen molar-refractivity contribution in [2.45, 2.75) is 99.4 Å². The quantitative estimate of drug-likeness (QED) is 0.0603. The maximum absolute atomic E-state index is 13.2. The second kappa shape index (κ2) is 17.6. The number of carbonyl (C=O) groups excluding carboxylic acids is 1. The van der Waals surface area contributed by atoms with Crippen LogP contribution in [-0.2, 0) is 44.4 Å². The van der Waals surface area contributed by atoms with E-state index in [9.17, 15) is 61.0 Å². The second-order valence-electron chi connectivity index (χ2n) is 12.8. The summed E-state index contributed by atoms with van der Waals surface area (Å²) in [6.07, 6.45) is -20.4. The highest BCUT2D eigenvalue weighted by molar-refractivity contribution is 5.87. The Morgan fingerprint density at radius 2 is 1.42 bits per heavy atom. The molecule has 0 spiro atoms. The fraction of sp³-hybridized carbons (Fsp3) is 0.559. The first-order valence-electron chi connectivity index (χ1n) is 16.6. The summed E-state index contributed by atoms with van der Waals surface area (Å²) in [5.41, 5.74) is 0.800. The lowest BCUT2D eigenvalue weighted by atomic mass is 9.96. The minimum Gasteiger partial charge on any atom is -0.504 e. The van der Waals surface area contributed by atoms with Gasteiger partial charge in [-0.15, -0.1) is 0 Å². The number of aliphatic hydroxyl groups excluding tert-OH is 7. The summed E-state index contributed by atoms with van der Waals surface area (Å²) in [6.45, 7) is -0.101. The molecule has 2 aromatic rings. The molecule has 14 atom stereocenters. The van der Waals surface area contributed by atoms with Crippen LogP contribution in [0.3, 0.4) is 0 Å². The molecule has 3 aliphatic rings. The fourth-order valence-corrected chi connectivity index (χ4v) is 5.93. The van der Waals surface area contributed by atoms with Gasteiger partial charge < -0.3 is 89.3 Å². The van der Waals surface area contributed by atoms with Crippen LogP contribution in [0.25, 0.3) is 6.08 Å². The molecule has 0 amide bonds. The van der Waals surface area contributed by atoms with Crippen molar-refractivity contribution in [2.24, 2.45) is 0 Å². The summed E-state index contributed by atoms with van der Waals surface area (Å²) in [5.74, 6) is -2.64. The third-order valence-corrected chi connectivity index (χ3v) is 8.99. The number of hydrogen-bond acceptors (Lipinski definition) is 19. The lowest BCUT2D eigenvalue weighted by Crippen LogP contribution is -2.67. The van der Waals surface area contributed by atoms with Crippen LogP contribution in [-0.4, -0.2) is 168 Å². The van der Waals surface area contributed by atoms with Gasteiger partial charge in [0.2, 0.25) is 0 Å². The number of rotatable bonds is 12. The second-order valence-corrected chi connectivity index (χ2v) is 12.8. The highest BCUT2D eigenvalue weighted by Gasteiger charge is 2.55. The van der Waals surface area contributed by atoms with Gasteiger partial charge in [-0.05, 0) is 54.8 Å². The Hall–Kier alpha value is -3.67. The van der Waals surface area contributed by atoms with Crippen molar-refractivity contribution in [1.29, 1.82) is 0 Å². The summed E-state index contributed by atoms with van der Waals surface area (Å²) in [7, 11) is 0. The van der Waals surface area contributed by atoms with Gasteiger partial charge in [-0.2, -0.15) is 0 Å². The largest absolute Gasteiger partial charge is 0.504 e. The molecule has 3 saturated heterocycles. The lowest BCUT2D eigenvalue weighted by molar-refractivity contribution is -0.385. The lowest BCUT2D eigenvalue weighted by Gasteiger charge is -2.49. The summed E-state index contributed by atoms with van der Waals surface area (Å²) < 4.78 is 40.9. The molecule has 19 heteroatoms. The first kappa shape index (κ1) is 40.5. The number of aromatic hydroxyl groups is 4. The minimum absolute atomic E-state index is 0.116. The number of phenols is 4. The van der Waals surface area contributed by atoms with Gasteiger partial charge in [0.1, 0.15) is 54.9 Å². The zero-order valence-electron chi connectivity index (χ0n) is 28.2.